The van der Waals surface area contributed by atoms with Gasteiger partial charge in [-0.15, -0.1) is 0 Å². The Kier molecular flexibility index (Phi) is 9.43. The lowest BCUT2D eigenvalue weighted by molar-refractivity contribution is -0.145. The highest BCUT2D eigenvalue weighted by molar-refractivity contribution is 7.52. The van der Waals surface area contributed by atoms with Crippen molar-refractivity contribution in [3.63, 3.8) is 0 Å². The topological polar surface area (TPSA) is 110 Å². The summed E-state index contributed by atoms with van der Waals surface area (Å²) in [4.78, 5) is 42.4. The van der Waals surface area contributed by atoms with Gasteiger partial charge in [-0.05, 0) is 23.7 Å². The Morgan fingerprint density at radius 3 is 2.21 bits per heavy atom. The average molecular weight is 445 g/mol. The number of ketones is 1. The molecule has 0 radical (unpaired) electrons. The van der Waals surface area contributed by atoms with E-state index in [-0.39, 0.29) is 24.5 Å². The number of Topliss-reactive ketones (excluding diaryl/α,β-unsaturated/α-hetero) is 1. The normalized spacial score (nSPS) is 13.8. The van der Waals surface area contributed by atoms with Crippen LogP contribution in [0.4, 0.5) is 0 Å². The number of esters is 1. The minimum atomic E-state index is -4.46. The maximum atomic E-state index is 12.3. The molecule has 164 valence electrons. The molecule has 2 N–H and O–H groups in total. The maximum Gasteiger partial charge on any atom is 0.332 e. The first kappa shape index (κ1) is 25.7. The number of carbonyl (C=O) groups excluding carboxylic acids is 2. The first-order chi connectivity index (χ1) is 13.2. The van der Waals surface area contributed by atoms with Crippen molar-refractivity contribution in [1.29, 1.82) is 0 Å². The summed E-state index contributed by atoms with van der Waals surface area (Å²) in [6.45, 7) is 10.3. The zero-order valence-electron chi connectivity index (χ0n) is 17.9. The molecule has 9 heteroatoms. The lowest BCUT2D eigenvalue weighted by Crippen LogP contribution is -2.45. The molecule has 7 nitrogen and oxygen atoms in total. The molecule has 0 aromatic heterocycles. The van der Waals surface area contributed by atoms with E-state index in [4.69, 9.17) is 18.9 Å². The fourth-order valence-electron chi connectivity index (χ4n) is 2.47. The van der Waals surface area contributed by atoms with E-state index >= 15 is 0 Å². The Morgan fingerprint density at radius 1 is 1.10 bits per heavy atom. The van der Waals surface area contributed by atoms with Crippen LogP contribution < -0.4 is 0 Å². The van der Waals surface area contributed by atoms with Gasteiger partial charge in [0.1, 0.15) is 11.9 Å². The van der Waals surface area contributed by atoms with Gasteiger partial charge in [0.25, 0.3) is 0 Å². The van der Waals surface area contributed by atoms with Crippen molar-refractivity contribution in [2.75, 3.05) is 12.8 Å². The molecule has 0 aliphatic rings. The summed E-state index contributed by atoms with van der Waals surface area (Å²) in [5.41, 5.74) is 1.05. The Morgan fingerprint density at radius 2 is 1.69 bits per heavy atom. The summed E-state index contributed by atoms with van der Waals surface area (Å²) in [6, 6.07) is 9.61. The molecular formula is C20H33O7PSi. The molecule has 0 bridgehead atoms. The summed E-state index contributed by atoms with van der Waals surface area (Å²) in [5.74, 6) is -1.12. The van der Waals surface area contributed by atoms with Crippen molar-refractivity contribution in [3.05, 3.63) is 35.9 Å². The van der Waals surface area contributed by atoms with Gasteiger partial charge in [-0.25, -0.2) is 0 Å². The molecule has 0 saturated heterocycles. The minimum absolute atomic E-state index is 0.131. The largest absolute Gasteiger partial charge is 0.465 e. The monoisotopic (exact) mass is 444 g/mol. The van der Waals surface area contributed by atoms with Crippen LogP contribution in [0.5, 0.6) is 0 Å². The van der Waals surface area contributed by atoms with E-state index in [0.717, 1.165) is 5.56 Å². The van der Waals surface area contributed by atoms with Crippen molar-refractivity contribution in [2.45, 2.75) is 64.3 Å². The van der Waals surface area contributed by atoms with Gasteiger partial charge in [0, 0.05) is 12.8 Å². The quantitative estimate of drug-likeness (QED) is 0.304. The third kappa shape index (κ3) is 10.3. The van der Waals surface area contributed by atoms with Crippen LogP contribution in [-0.4, -0.2) is 48.7 Å². The van der Waals surface area contributed by atoms with Crippen molar-refractivity contribution in [2.24, 2.45) is 0 Å². The Bertz CT molecular complexity index is 722. The van der Waals surface area contributed by atoms with Crippen molar-refractivity contribution >= 4 is 27.7 Å². The van der Waals surface area contributed by atoms with Gasteiger partial charge in [-0.1, -0.05) is 51.1 Å². The second-order valence-electron chi connectivity index (χ2n) is 8.73. The highest BCUT2D eigenvalue weighted by Crippen LogP contribution is 2.39. The van der Waals surface area contributed by atoms with Gasteiger partial charge < -0.3 is 18.9 Å². The second-order valence-corrected chi connectivity index (χ2v) is 15.1. The number of hydrogen-bond acceptors (Lipinski definition) is 5. The highest BCUT2D eigenvalue weighted by Gasteiger charge is 2.40. The first-order valence-electron chi connectivity index (χ1n) is 9.63. The Hall–Kier alpha value is -1.31. The zero-order valence-corrected chi connectivity index (χ0v) is 19.8. The predicted octanol–water partition coefficient (Wildman–Crippen LogP) is 3.69. The average Bonchev–Trinajstić information content (AvgIpc) is 2.52. The molecule has 0 amide bonds. The summed E-state index contributed by atoms with van der Waals surface area (Å²) < 4.78 is 22.6. The summed E-state index contributed by atoms with van der Waals surface area (Å²) >= 11 is 0. The summed E-state index contributed by atoms with van der Waals surface area (Å²) in [7, 11) is -6.76. The van der Waals surface area contributed by atoms with Crippen LogP contribution in [0.1, 0.15) is 39.2 Å². The fourth-order valence-corrected chi connectivity index (χ4v) is 4.41. The van der Waals surface area contributed by atoms with E-state index in [1.165, 1.54) is 0 Å². The third-order valence-electron chi connectivity index (χ3n) is 5.00. The standard InChI is InChI=1S/C20H33O7PSi/c1-20(2,3)29(4,5)27-18(13-17(21)15-28(23,24)25)14-19(22)26-12-11-16-9-7-6-8-10-16/h6-10,18H,11-15H2,1-5H3,(H2,23,24,25). The summed E-state index contributed by atoms with van der Waals surface area (Å²) in [6.07, 6.45) is -1.40. The van der Waals surface area contributed by atoms with Gasteiger partial charge in [-0.3, -0.25) is 14.2 Å². The fraction of sp³-hybridized carbons (Fsp3) is 0.600. The highest BCUT2D eigenvalue weighted by atomic mass is 31.2. The number of hydrogen-bond donors (Lipinski definition) is 2. The van der Waals surface area contributed by atoms with Crippen LogP contribution in [-0.2, 0) is 29.7 Å². The molecule has 1 unspecified atom stereocenters. The van der Waals surface area contributed by atoms with Gasteiger partial charge in [0.2, 0.25) is 0 Å². The van der Waals surface area contributed by atoms with Gasteiger partial charge >= 0.3 is 13.6 Å². The van der Waals surface area contributed by atoms with E-state index in [2.05, 4.69) is 0 Å². The molecule has 1 aromatic rings. The van der Waals surface area contributed by atoms with Gasteiger partial charge in [0.05, 0.1) is 19.1 Å². The van der Waals surface area contributed by atoms with Crippen LogP contribution >= 0.6 is 7.60 Å². The molecule has 0 saturated carbocycles. The van der Waals surface area contributed by atoms with Crippen LogP contribution in [0.3, 0.4) is 0 Å². The molecule has 1 aromatic carbocycles. The summed E-state index contributed by atoms with van der Waals surface area (Å²) in [5, 5.41) is -0.144. The van der Waals surface area contributed by atoms with Crippen LogP contribution in [0.2, 0.25) is 18.1 Å². The van der Waals surface area contributed by atoms with Crippen molar-refractivity contribution in [1.82, 2.24) is 0 Å². The van der Waals surface area contributed by atoms with Crippen molar-refractivity contribution < 1.29 is 33.1 Å². The number of ether oxygens (including phenoxy) is 1. The van der Waals surface area contributed by atoms with Crippen LogP contribution in [0, 0.1) is 0 Å². The van der Waals surface area contributed by atoms with E-state index < -0.39 is 39.9 Å². The first-order valence-corrected chi connectivity index (χ1v) is 14.3. The lowest BCUT2D eigenvalue weighted by Gasteiger charge is -2.39. The van der Waals surface area contributed by atoms with E-state index in [9.17, 15) is 14.2 Å². The Labute approximate surface area is 174 Å². The molecule has 0 aliphatic heterocycles. The van der Waals surface area contributed by atoms with E-state index in [0.29, 0.717) is 6.42 Å². The number of benzene rings is 1. The third-order valence-corrected chi connectivity index (χ3v) is 10.3. The predicted molar refractivity (Wildman–Crippen MR) is 114 cm³/mol. The molecule has 0 aliphatic carbocycles. The molecule has 0 fully saturated rings. The number of rotatable bonds is 11. The van der Waals surface area contributed by atoms with E-state index in [1.54, 1.807) is 0 Å². The molecule has 1 rings (SSSR count). The maximum absolute atomic E-state index is 12.3. The molecule has 0 heterocycles. The minimum Gasteiger partial charge on any atom is -0.465 e. The molecule has 29 heavy (non-hydrogen) atoms. The number of carbonyl (C=O) groups is 2. The smallest absolute Gasteiger partial charge is 0.332 e. The SMILES string of the molecule is CC(C)(C)[Si](C)(C)OC(CC(=O)CP(=O)(O)O)CC(=O)OCCc1ccccc1. The van der Waals surface area contributed by atoms with E-state index in [1.807, 2.05) is 64.2 Å². The van der Waals surface area contributed by atoms with Crippen molar-refractivity contribution in [3.8, 4) is 0 Å². The zero-order chi connectivity index (χ0) is 22.3. The second kappa shape index (κ2) is 10.6. The molecule has 1 atom stereocenters. The van der Waals surface area contributed by atoms with Crippen LogP contribution in [0.25, 0.3) is 0 Å². The lowest BCUT2D eigenvalue weighted by atomic mass is 10.1. The van der Waals surface area contributed by atoms with Gasteiger partial charge in [0.15, 0.2) is 8.32 Å². The van der Waals surface area contributed by atoms with Gasteiger partial charge in [-0.2, -0.15) is 0 Å². The Balaban J connectivity index is 2.72. The molecular weight excluding hydrogens is 411 g/mol. The van der Waals surface area contributed by atoms with Crippen LogP contribution in [0.15, 0.2) is 30.3 Å². The molecule has 0 spiro atoms.